The molecule has 7 heteroatoms. The Morgan fingerprint density at radius 2 is 2.35 bits per heavy atom. The number of rotatable bonds is 4. The van der Waals surface area contributed by atoms with Crippen LogP contribution in [0.3, 0.4) is 0 Å². The molecule has 2 rings (SSSR count). The van der Waals surface area contributed by atoms with Crippen molar-refractivity contribution in [2.45, 2.75) is 18.8 Å². The Bertz CT molecular complexity index is 414. The third kappa shape index (κ3) is 2.11. The van der Waals surface area contributed by atoms with Crippen molar-refractivity contribution in [3.63, 3.8) is 0 Å². The number of anilines is 1. The van der Waals surface area contributed by atoms with Gasteiger partial charge in [-0.3, -0.25) is 0 Å². The zero-order valence-corrected chi connectivity index (χ0v) is 9.71. The summed E-state index contributed by atoms with van der Waals surface area (Å²) in [6.45, 7) is 0.735. The molecule has 1 aliphatic rings. The standard InChI is InChI=1S/C10H15N3O4/c1-16-10(17-2)7-3-4-11-8-5-6(9(14)15)12-13(7)8/h5,7,10-11H,3-4H2,1-2H3,(H,14,15). The molecule has 0 spiro atoms. The summed E-state index contributed by atoms with van der Waals surface area (Å²) in [7, 11) is 3.11. The van der Waals surface area contributed by atoms with Gasteiger partial charge in [0, 0.05) is 26.8 Å². The topological polar surface area (TPSA) is 85.6 Å². The van der Waals surface area contributed by atoms with Crippen LogP contribution in [-0.2, 0) is 9.47 Å². The van der Waals surface area contributed by atoms with Crippen LogP contribution in [0.4, 0.5) is 5.82 Å². The summed E-state index contributed by atoms with van der Waals surface area (Å²) >= 11 is 0. The molecule has 1 aromatic heterocycles. The molecule has 0 saturated carbocycles. The monoisotopic (exact) mass is 241 g/mol. The minimum atomic E-state index is -1.04. The maximum absolute atomic E-state index is 10.9. The lowest BCUT2D eigenvalue weighted by atomic mass is 10.1. The second-order valence-corrected chi connectivity index (χ2v) is 3.79. The third-order valence-corrected chi connectivity index (χ3v) is 2.79. The van der Waals surface area contributed by atoms with Crippen molar-refractivity contribution in [3.8, 4) is 0 Å². The van der Waals surface area contributed by atoms with E-state index >= 15 is 0 Å². The summed E-state index contributed by atoms with van der Waals surface area (Å²) < 4.78 is 12.0. The molecular formula is C10H15N3O4. The van der Waals surface area contributed by atoms with Crippen LogP contribution in [0.5, 0.6) is 0 Å². The van der Waals surface area contributed by atoms with Gasteiger partial charge in [0.05, 0.1) is 0 Å². The molecule has 17 heavy (non-hydrogen) atoms. The van der Waals surface area contributed by atoms with Crippen molar-refractivity contribution in [2.24, 2.45) is 0 Å². The van der Waals surface area contributed by atoms with Gasteiger partial charge in [-0.25, -0.2) is 9.48 Å². The molecule has 1 aliphatic heterocycles. The number of carboxylic acids is 1. The molecule has 0 bridgehead atoms. The van der Waals surface area contributed by atoms with Gasteiger partial charge in [0.2, 0.25) is 0 Å². The molecular weight excluding hydrogens is 226 g/mol. The highest BCUT2D eigenvalue weighted by Crippen LogP contribution is 2.28. The molecule has 0 radical (unpaired) electrons. The van der Waals surface area contributed by atoms with Crippen LogP contribution in [0.15, 0.2) is 6.07 Å². The van der Waals surface area contributed by atoms with Crippen molar-refractivity contribution in [1.82, 2.24) is 9.78 Å². The highest BCUT2D eigenvalue weighted by molar-refractivity contribution is 5.86. The lowest BCUT2D eigenvalue weighted by Gasteiger charge is -2.30. The smallest absolute Gasteiger partial charge is 0.356 e. The van der Waals surface area contributed by atoms with Crippen molar-refractivity contribution in [1.29, 1.82) is 0 Å². The largest absolute Gasteiger partial charge is 0.476 e. The second-order valence-electron chi connectivity index (χ2n) is 3.79. The van der Waals surface area contributed by atoms with Crippen molar-refractivity contribution in [3.05, 3.63) is 11.8 Å². The van der Waals surface area contributed by atoms with E-state index in [-0.39, 0.29) is 11.7 Å². The van der Waals surface area contributed by atoms with Crippen molar-refractivity contribution in [2.75, 3.05) is 26.1 Å². The Labute approximate surface area is 98.3 Å². The second kappa shape index (κ2) is 4.72. The van der Waals surface area contributed by atoms with Crippen LogP contribution in [0.2, 0.25) is 0 Å². The maximum Gasteiger partial charge on any atom is 0.356 e. The molecule has 1 unspecified atom stereocenters. The number of ether oxygens (including phenoxy) is 2. The van der Waals surface area contributed by atoms with Crippen molar-refractivity contribution >= 4 is 11.8 Å². The van der Waals surface area contributed by atoms with Crippen molar-refractivity contribution < 1.29 is 19.4 Å². The predicted octanol–water partition coefficient (Wildman–Crippen LogP) is 0.557. The summed E-state index contributed by atoms with van der Waals surface area (Å²) in [5.74, 6) is -0.364. The summed E-state index contributed by atoms with van der Waals surface area (Å²) in [6, 6.07) is 1.39. The molecule has 7 nitrogen and oxygen atoms in total. The van der Waals surface area contributed by atoms with E-state index in [1.165, 1.54) is 6.07 Å². The fraction of sp³-hybridized carbons (Fsp3) is 0.600. The number of hydrogen-bond acceptors (Lipinski definition) is 5. The van der Waals surface area contributed by atoms with E-state index in [2.05, 4.69) is 10.4 Å². The molecule has 0 aliphatic carbocycles. The van der Waals surface area contributed by atoms with Gasteiger partial charge in [0.1, 0.15) is 11.9 Å². The first-order valence-corrected chi connectivity index (χ1v) is 5.29. The highest BCUT2D eigenvalue weighted by Gasteiger charge is 2.30. The Morgan fingerprint density at radius 1 is 1.65 bits per heavy atom. The fourth-order valence-corrected chi connectivity index (χ4v) is 2.02. The van der Waals surface area contributed by atoms with Gasteiger partial charge >= 0.3 is 5.97 Å². The van der Waals surface area contributed by atoms with E-state index in [1.54, 1.807) is 18.9 Å². The molecule has 1 atom stereocenters. The number of nitrogens with zero attached hydrogens (tertiary/aromatic N) is 2. The summed E-state index contributed by atoms with van der Waals surface area (Å²) in [6.07, 6.45) is 0.331. The molecule has 0 fully saturated rings. The Hall–Kier alpha value is -1.60. The SMILES string of the molecule is COC(OC)C1CCNc2cc(C(=O)O)nn21. The number of aromatic carboxylic acids is 1. The molecule has 0 aromatic carbocycles. The fourth-order valence-electron chi connectivity index (χ4n) is 2.02. The predicted molar refractivity (Wildman–Crippen MR) is 59.1 cm³/mol. The first-order valence-electron chi connectivity index (χ1n) is 5.29. The van der Waals surface area contributed by atoms with E-state index in [4.69, 9.17) is 14.6 Å². The molecule has 2 N–H and O–H groups in total. The molecule has 2 heterocycles. The van der Waals surface area contributed by atoms with E-state index in [1.807, 2.05) is 0 Å². The van der Waals surface area contributed by atoms with E-state index < -0.39 is 12.3 Å². The number of nitrogens with one attached hydrogen (secondary N) is 1. The van der Waals surface area contributed by atoms with E-state index in [0.29, 0.717) is 5.82 Å². The van der Waals surface area contributed by atoms with Gasteiger partial charge in [-0.05, 0) is 6.42 Å². The number of carbonyl (C=O) groups is 1. The van der Waals surface area contributed by atoms with Crippen LogP contribution in [0.1, 0.15) is 23.0 Å². The number of aromatic nitrogens is 2. The molecule has 94 valence electrons. The minimum absolute atomic E-state index is 0.0188. The number of methoxy groups -OCH3 is 2. The third-order valence-electron chi connectivity index (χ3n) is 2.79. The van der Waals surface area contributed by atoms with E-state index in [0.717, 1.165) is 13.0 Å². The van der Waals surface area contributed by atoms with Crippen LogP contribution in [0, 0.1) is 0 Å². The van der Waals surface area contributed by atoms with Gasteiger partial charge in [0.15, 0.2) is 12.0 Å². The van der Waals surface area contributed by atoms with E-state index in [9.17, 15) is 4.79 Å². The average molecular weight is 241 g/mol. The Balaban J connectivity index is 2.33. The first kappa shape index (κ1) is 11.9. The quantitative estimate of drug-likeness (QED) is 0.749. The molecule has 0 saturated heterocycles. The zero-order valence-electron chi connectivity index (χ0n) is 9.71. The number of carboxylic acid groups (broad SMARTS) is 1. The van der Waals surface area contributed by atoms with Crippen LogP contribution >= 0.6 is 0 Å². The normalized spacial score (nSPS) is 18.9. The zero-order chi connectivity index (χ0) is 12.4. The van der Waals surface area contributed by atoms with Crippen LogP contribution in [0.25, 0.3) is 0 Å². The lowest BCUT2D eigenvalue weighted by molar-refractivity contribution is -0.135. The molecule has 0 amide bonds. The van der Waals surface area contributed by atoms with Gasteiger partial charge in [-0.1, -0.05) is 0 Å². The number of hydrogen-bond donors (Lipinski definition) is 2. The van der Waals surface area contributed by atoms with Crippen LogP contribution in [-0.4, -0.2) is 47.9 Å². The lowest BCUT2D eigenvalue weighted by Crippen LogP contribution is -2.34. The van der Waals surface area contributed by atoms with Gasteiger partial charge in [-0.2, -0.15) is 5.10 Å². The summed E-state index contributed by atoms with van der Waals surface area (Å²) in [5, 5.41) is 16.0. The average Bonchev–Trinajstić information content (AvgIpc) is 2.75. The van der Waals surface area contributed by atoms with Gasteiger partial charge in [-0.15, -0.1) is 0 Å². The Kier molecular flexibility index (Phi) is 3.30. The highest BCUT2D eigenvalue weighted by atomic mass is 16.7. The Morgan fingerprint density at radius 3 is 2.94 bits per heavy atom. The van der Waals surface area contributed by atoms with Crippen LogP contribution < -0.4 is 5.32 Å². The summed E-state index contributed by atoms with van der Waals surface area (Å²) in [4.78, 5) is 10.9. The summed E-state index contributed by atoms with van der Waals surface area (Å²) in [5.41, 5.74) is 0.0188. The maximum atomic E-state index is 10.9. The molecule has 1 aromatic rings. The first-order chi connectivity index (χ1) is 8.17. The van der Waals surface area contributed by atoms with Gasteiger partial charge < -0.3 is 19.9 Å². The number of fused-ring (bicyclic) bond motifs is 1. The van der Waals surface area contributed by atoms with Gasteiger partial charge in [0.25, 0.3) is 0 Å². The minimum Gasteiger partial charge on any atom is -0.476 e.